The Bertz CT molecular complexity index is 168. The lowest BCUT2D eigenvalue weighted by Gasteiger charge is -2.22. The first kappa shape index (κ1) is 5.52. The Labute approximate surface area is 58.9 Å². The van der Waals surface area contributed by atoms with E-state index in [4.69, 9.17) is 9.47 Å². The first-order valence-corrected chi connectivity index (χ1v) is 3.81. The van der Waals surface area contributed by atoms with E-state index < -0.39 is 0 Å². The van der Waals surface area contributed by atoms with Gasteiger partial charge in [-0.1, -0.05) is 0 Å². The molecule has 2 bridgehead atoms. The topological polar surface area (TPSA) is 38.7 Å². The maximum atomic E-state index is 9.46. The van der Waals surface area contributed by atoms with Gasteiger partial charge in [0, 0.05) is 0 Å². The van der Waals surface area contributed by atoms with Gasteiger partial charge in [-0.2, -0.15) is 0 Å². The van der Waals surface area contributed by atoms with Crippen LogP contribution in [-0.2, 0) is 9.47 Å². The Morgan fingerprint density at radius 3 is 3.10 bits per heavy atom. The van der Waals surface area contributed by atoms with E-state index >= 15 is 0 Å². The zero-order valence-corrected chi connectivity index (χ0v) is 5.56. The molecule has 1 saturated carbocycles. The molecule has 1 N–H and O–H groups in total. The van der Waals surface area contributed by atoms with E-state index in [2.05, 4.69) is 0 Å². The molecule has 3 heteroatoms. The second-order valence-electron chi connectivity index (χ2n) is 3.43. The van der Waals surface area contributed by atoms with Crippen molar-refractivity contribution in [2.75, 3.05) is 6.61 Å². The highest BCUT2D eigenvalue weighted by Gasteiger charge is 2.58. The van der Waals surface area contributed by atoms with Crippen LogP contribution in [-0.4, -0.2) is 30.2 Å². The van der Waals surface area contributed by atoms with Crippen LogP contribution in [0.4, 0.5) is 0 Å². The van der Waals surface area contributed by atoms with Crippen LogP contribution >= 0.6 is 0 Å². The van der Waals surface area contributed by atoms with Gasteiger partial charge in [-0.05, 0) is 18.3 Å². The van der Waals surface area contributed by atoms with Crippen molar-refractivity contribution < 1.29 is 14.6 Å². The van der Waals surface area contributed by atoms with Gasteiger partial charge in [0.1, 0.15) is 6.10 Å². The zero-order valence-electron chi connectivity index (χ0n) is 5.56. The van der Waals surface area contributed by atoms with Crippen LogP contribution in [0.25, 0.3) is 0 Å². The van der Waals surface area contributed by atoms with E-state index in [0.717, 1.165) is 6.42 Å². The molecule has 0 aromatic rings. The molecular weight excluding hydrogens is 132 g/mol. The van der Waals surface area contributed by atoms with Crippen LogP contribution in [0.2, 0.25) is 0 Å². The molecular formula is C7H10O3. The predicted molar refractivity (Wildman–Crippen MR) is 32.2 cm³/mol. The van der Waals surface area contributed by atoms with Gasteiger partial charge in [-0.25, -0.2) is 0 Å². The van der Waals surface area contributed by atoms with Gasteiger partial charge in [0.25, 0.3) is 0 Å². The molecule has 2 saturated heterocycles. The summed E-state index contributed by atoms with van der Waals surface area (Å²) in [6.07, 6.45) is 0.807. The molecule has 56 valence electrons. The predicted octanol–water partition coefficient (Wildman–Crippen LogP) is -0.262. The van der Waals surface area contributed by atoms with Crippen molar-refractivity contribution in [2.24, 2.45) is 11.8 Å². The largest absolute Gasteiger partial charge is 0.388 e. The average molecular weight is 142 g/mol. The van der Waals surface area contributed by atoms with Gasteiger partial charge in [0.05, 0.1) is 12.7 Å². The van der Waals surface area contributed by atoms with E-state index in [1.54, 1.807) is 0 Å². The average Bonchev–Trinajstić information content (AvgIpc) is 2.61. The van der Waals surface area contributed by atoms with Crippen LogP contribution in [0.3, 0.4) is 0 Å². The van der Waals surface area contributed by atoms with Crippen LogP contribution < -0.4 is 0 Å². The van der Waals surface area contributed by atoms with Gasteiger partial charge >= 0.3 is 0 Å². The number of hydrogen-bond acceptors (Lipinski definition) is 3. The minimum absolute atomic E-state index is 0.297. The first-order chi connectivity index (χ1) is 4.86. The van der Waals surface area contributed by atoms with Crippen LogP contribution in [0.5, 0.6) is 0 Å². The van der Waals surface area contributed by atoms with Crippen molar-refractivity contribution in [3.8, 4) is 0 Å². The van der Waals surface area contributed by atoms with Crippen LogP contribution in [0.15, 0.2) is 0 Å². The minimum atomic E-state index is -0.344. The fourth-order valence-corrected chi connectivity index (χ4v) is 2.10. The summed E-state index contributed by atoms with van der Waals surface area (Å²) in [7, 11) is 0. The standard InChI is InChI=1S/C7H10O3/c8-6-4-1-3(4)5-2-9-7(6)10-5/h3-8H,1-2H2/t3-,4-,5+,6+,7+/m0/s1. The summed E-state index contributed by atoms with van der Waals surface area (Å²) in [6.45, 7) is 0.697. The second-order valence-corrected chi connectivity index (χ2v) is 3.43. The molecule has 5 atom stereocenters. The molecule has 2 heterocycles. The van der Waals surface area contributed by atoms with Gasteiger partial charge in [0.2, 0.25) is 0 Å². The SMILES string of the molecule is O[C@H]1[C@@H]2OC[C@@H](O2)[C@H]2C[C@H]12. The van der Waals surface area contributed by atoms with E-state index in [1.807, 2.05) is 0 Å². The van der Waals surface area contributed by atoms with E-state index in [0.29, 0.717) is 24.5 Å². The van der Waals surface area contributed by atoms with E-state index in [9.17, 15) is 5.11 Å². The molecule has 0 radical (unpaired) electrons. The van der Waals surface area contributed by atoms with Gasteiger partial charge in [-0.3, -0.25) is 0 Å². The van der Waals surface area contributed by atoms with Crippen molar-refractivity contribution in [3.05, 3.63) is 0 Å². The number of hydrogen-bond donors (Lipinski definition) is 1. The highest BCUT2D eigenvalue weighted by Crippen LogP contribution is 2.52. The van der Waals surface area contributed by atoms with Gasteiger partial charge < -0.3 is 14.6 Å². The summed E-state index contributed by atoms with van der Waals surface area (Å²) in [5, 5.41) is 9.46. The number of aliphatic hydroxyl groups is 1. The Kier molecular flexibility index (Phi) is 0.854. The molecule has 0 spiro atoms. The third-order valence-corrected chi connectivity index (χ3v) is 2.82. The Morgan fingerprint density at radius 1 is 1.30 bits per heavy atom. The third kappa shape index (κ3) is 0.516. The Balaban J connectivity index is 1.91. The molecule has 0 aromatic heterocycles. The summed E-state index contributed by atoms with van der Waals surface area (Å²) in [5.74, 6) is 1.10. The van der Waals surface area contributed by atoms with Crippen LogP contribution in [0.1, 0.15) is 6.42 Å². The summed E-state index contributed by atoms with van der Waals surface area (Å²) in [4.78, 5) is 0. The molecule has 1 aliphatic carbocycles. The Morgan fingerprint density at radius 2 is 2.20 bits per heavy atom. The summed E-state index contributed by atoms with van der Waals surface area (Å²) in [6, 6.07) is 0. The fourth-order valence-electron chi connectivity index (χ4n) is 2.10. The minimum Gasteiger partial charge on any atom is -0.388 e. The summed E-state index contributed by atoms with van der Waals surface area (Å²) < 4.78 is 10.6. The number of rotatable bonds is 0. The quantitative estimate of drug-likeness (QED) is 0.506. The number of ether oxygens (including phenoxy) is 2. The normalized spacial score (nSPS) is 63.9. The van der Waals surface area contributed by atoms with Crippen LogP contribution in [0, 0.1) is 11.8 Å². The van der Waals surface area contributed by atoms with Crippen molar-refractivity contribution >= 4 is 0 Å². The monoisotopic (exact) mass is 142 g/mol. The Hall–Kier alpha value is -0.120. The maximum Gasteiger partial charge on any atom is 0.184 e. The van der Waals surface area contributed by atoms with Gasteiger partial charge in [-0.15, -0.1) is 0 Å². The van der Waals surface area contributed by atoms with Gasteiger partial charge in [0.15, 0.2) is 6.29 Å². The fraction of sp³-hybridized carbons (Fsp3) is 1.00. The highest BCUT2D eigenvalue weighted by molar-refractivity contribution is 5.03. The third-order valence-electron chi connectivity index (χ3n) is 2.82. The highest BCUT2D eigenvalue weighted by atomic mass is 16.7. The smallest absolute Gasteiger partial charge is 0.184 e. The number of fused-ring (bicyclic) bond motifs is 4. The first-order valence-electron chi connectivity index (χ1n) is 3.81. The number of aliphatic hydroxyl groups excluding tert-OH is 1. The molecule has 3 aliphatic rings. The lowest BCUT2D eigenvalue weighted by Crippen LogP contribution is -2.34. The molecule has 0 amide bonds. The van der Waals surface area contributed by atoms with E-state index in [-0.39, 0.29) is 12.4 Å². The van der Waals surface area contributed by atoms with Crippen molar-refractivity contribution in [1.82, 2.24) is 0 Å². The molecule has 3 fully saturated rings. The van der Waals surface area contributed by atoms with Crippen molar-refractivity contribution in [3.63, 3.8) is 0 Å². The summed E-state index contributed by atoms with van der Waals surface area (Å²) in [5.41, 5.74) is 0. The van der Waals surface area contributed by atoms with E-state index in [1.165, 1.54) is 0 Å². The summed E-state index contributed by atoms with van der Waals surface area (Å²) >= 11 is 0. The zero-order chi connectivity index (χ0) is 6.72. The lowest BCUT2D eigenvalue weighted by atomic mass is 10.1. The molecule has 3 rings (SSSR count). The maximum absolute atomic E-state index is 9.46. The lowest BCUT2D eigenvalue weighted by molar-refractivity contribution is -0.157. The molecule has 3 nitrogen and oxygen atoms in total. The molecule has 2 aliphatic heterocycles. The molecule has 0 unspecified atom stereocenters. The second kappa shape index (κ2) is 1.55. The van der Waals surface area contributed by atoms with Crippen molar-refractivity contribution in [2.45, 2.75) is 24.9 Å². The molecule has 0 aromatic carbocycles. The molecule has 10 heavy (non-hydrogen) atoms. The van der Waals surface area contributed by atoms with Crippen molar-refractivity contribution in [1.29, 1.82) is 0 Å².